The average Bonchev–Trinajstić information content (AvgIpc) is 3.16. The van der Waals surface area contributed by atoms with Gasteiger partial charge in [-0.05, 0) is 54.7 Å². The number of Topliss-reactive ketones (excluding diaryl/α,β-unsaturated/α-hetero) is 1. The van der Waals surface area contributed by atoms with Crippen molar-refractivity contribution < 1.29 is 9.53 Å². The van der Waals surface area contributed by atoms with Gasteiger partial charge in [0.1, 0.15) is 0 Å². The Labute approximate surface area is 195 Å². The molecule has 3 aliphatic rings. The van der Waals surface area contributed by atoms with Crippen molar-refractivity contribution in [3.8, 4) is 6.07 Å². The number of nitriles is 1. The highest BCUT2D eigenvalue weighted by Gasteiger charge is 2.40. The third kappa shape index (κ3) is 3.49. The van der Waals surface area contributed by atoms with Gasteiger partial charge in [0.25, 0.3) is 0 Å². The third-order valence-electron chi connectivity index (χ3n) is 7.70. The van der Waals surface area contributed by atoms with Gasteiger partial charge < -0.3 is 9.72 Å². The van der Waals surface area contributed by atoms with E-state index in [1.807, 2.05) is 12.1 Å². The minimum atomic E-state index is -0.294. The van der Waals surface area contributed by atoms with E-state index in [-0.39, 0.29) is 11.2 Å². The number of allylic oxidation sites excluding steroid dienone is 4. The number of carbonyl (C=O) groups is 1. The van der Waals surface area contributed by atoms with Crippen molar-refractivity contribution in [3.63, 3.8) is 0 Å². The molecule has 5 heteroatoms. The summed E-state index contributed by atoms with van der Waals surface area (Å²) in [4.78, 5) is 19.9. The van der Waals surface area contributed by atoms with Gasteiger partial charge in [-0.1, -0.05) is 32.9 Å². The Morgan fingerprint density at radius 2 is 2.15 bits per heavy atom. The lowest BCUT2D eigenvalue weighted by Gasteiger charge is -2.39. The summed E-state index contributed by atoms with van der Waals surface area (Å²) < 4.78 is 5.35. The molecule has 5 rings (SSSR count). The number of hydrogen-bond acceptors (Lipinski definition) is 4. The SMILES string of the molecule is CCC1=C(/C=C(\C)C2=CCN(C3COC3)CC2)C(=O)c2c([nH]c3cc(C#N)ccc23)C1(C)C. The molecule has 1 aromatic carbocycles. The van der Waals surface area contributed by atoms with E-state index in [0.717, 1.165) is 72.5 Å². The van der Waals surface area contributed by atoms with E-state index in [4.69, 9.17) is 4.74 Å². The van der Waals surface area contributed by atoms with Crippen LogP contribution in [0, 0.1) is 11.3 Å². The summed E-state index contributed by atoms with van der Waals surface area (Å²) in [6.45, 7) is 12.3. The average molecular weight is 442 g/mol. The molecule has 0 unspecified atom stereocenters. The first-order chi connectivity index (χ1) is 15.8. The van der Waals surface area contributed by atoms with Crippen molar-refractivity contribution in [1.82, 2.24) is 9.88 Å². The molecule has 0 saturated carbocycles. The molecule has 1 aliphatic carbocycles. The number of fused-ring (bicyclic) bond motifs is 3. The number of benzene rings is 1. The Bertz CT molecular complexity index is 1280. The van der Waals surface area contributed by atoms with Crippen molar-refractivity contribution in [2.24, 2.45) is 0 Å². The number of rotatable bonds is 4. The molecule has 0 amide bonds. The highest BCUT2D eigenvalue weighted by molar-refractivity contribution is 6.20. The maximum absolute atomic E-state index is 13.9. The molecule has 0 radical (unpaired) electrons. The van der Waals surface area contributed by atoms with Gasteiger partial charge in [-0.15, -0.1) is 0 Å². The molecule has 0 spiro atoms. The number of carbonyl (C=O) groups excluding carboxylic acids is 1. The van der Waals surface area contributed by atoms with Gasteiger partial charge in [-0.3, -0.25) is 9.69 Å². The molecule has 1 aromatic heterocycles. The summed E-state index contributed by atoms with van der Waals surface area (Å²) in [6, 6.07) is 8.30. The van der Waals surface area contributed by atoms with E-state index >= 15 is 0 Å². The number of ketones is 1. The first-order valence-corrected chi connectivity index (χ1v) is 11.9. The Kier molecular flexibility index (Phi) is 5.39. The molecule has 2 aromatic rings. The molecule has 5 nitrogen and oxygen atoms in total. The van der Waals surface area contributed by atoms with Crippen molar-refractivity contribution in [2.75, 3.05) is 26.3 Å². The summed E-state index contributed by atoms with van der Waals surface area (Å²) in [7, 11) is 0. The number of aromatic amines is 1. The summed E-state index contributed by atoms with van der Waals surface area (Å²) in [5.74, 6) is 0.0844. The van der Waals surface area contributed by atoms with Crippen molar-refractivity contribution in [1.29, 1.82) is 5.26 Å². The van der Waals surface area contributed by atoms with Crippen LogP contribution in [0.3, 0.4) is 0 Å². The molecule has 1 saturated heterocycles. The fourth-order valence-corrected chi connectivity index (χ4v) is 5.63. The molecular formula is C28H31N3O2. The van der Waals surface area contributed by atoms with Crippen LogP contribution in [0.5, 0.6) is 0 Å². The summed E-state index contributed by atoms with van der Waals surface area (Å²) in [5.41, 5.74) is 7.38. The standard InChI is InChI=1S/C28H31N3O2/c1-5-23-22(12-17(2)19-8-10-31(11-9-19)20-15-33-16-20)26(32)25-21-7-6-18(14-29)13-24(21)30-27(25)28(23,3)4/h6-8,12-13,20,30H,5,9-11,15-16H2,1-4H3/b17-12+. The van der Waals surface area contributed by atoms with Gasteiger partial charge in [0.2, 0.25) is 0 Å². The fourth-order valence-electron chi connectivity index (χ4n) is 5.63. The summed E-state index contributed by atoms with van der Waals surface area (Å²) in [6.07, 6.45) is 6.26. The zero-order valence-electron chi connectivity index (χ0n) is 19.9. The van der Waals surface area contributed by atoms with E-state index in [2.05, 4.69) is 55.8 Å². The molecule has 0 bridgehead atoms. The zero-order chi connectivity index (χ0) is 23.3. The topological polar surface area (TPSA) is 69.1 Å². The normalized spacial score (nSPS) is 21.6. The molecule has 33 heavy (non-hydrogen) atoms. The van der Waals surface area contributed by atoms with Gasteiger partial charge in [0.15, 0.2) is 5.78 Å². The number of hydrogen-bond donors (Lipinski definition) is 1. The van der Waals surface area contributed by atoms with Crippen molar-refractivity contribution in [3.05, 3.63) is 69.5 Å². The van der Waals surface area contributed by atoms with Gasteiger partial charge in [-0.25, -0.2) is 0 Å². The van der Waals surface area contributed by atoms with E-state index in [1.54, 1.807) is 6.07 Å². The van der Waals surface area contributed by atoms with E-state index < -0.39 is 0 Å². The molecular weight excluding hydrogens is 410 g/mol. The first-order valence-electron chi connectivity index (χ1n) is 11.9. The van der Waals surface area contributed by atoms with Gasteiger partial charge >= 0.3 is 0 Å². The van der Waals surface area contributed by atoms with Gasteiger partial charge in [0, 0.05) is 40.7 Å². The maximum Gasteiger partial charge on any atom is 0.195 e. The van der Waals surface area contributed by atoms with Crippen LogP contribution in [0.4, 0.5) is 0 Å². The second kappa shape index (κ2) is 8.13. The lowest BCUT2D eigenvalue weighted by Crippen LogP contribution is -2.50. The van der Waals surface area contributed by atoms with Crippen LogP contribution in [0.1, 0.15) is 62.2 Å². The number of nitrogens with zero attached hydrogens (tertiary/aromatic N) is 2. The number of aromatic nitrogens is 1. The maximum atomic E-state index is 13.9. The van der Waals surface area contributed by atoms with E-state index in [0.29, 0.717) is 11.6 Å². The van der Waals surface area contributed by atoms with Crippen LogP contribution in [-0.2, 0) is 10.2 Å². The Hall–Kier alpha value is -2.94. The molecule has 1 fully saturated rings. The predicted octanol–water partition coefficient (Wildman–Crippen LogP) is 5.20. The highest BCUT2D eigenvalue weighted by atomic mass is 16.5. The third-order valence-corrected chi connectivity index (χ3v) is 7.70. The lowest BCUT2D eigenvalue weighted by molar-refractivity contribution is -0.0619. The van der Waals surface area contributed by atoms with Crippen LogP contribution in [0.2, 0.25) is 0 Å². The zero-order valence-corrected chi connectivity index (χ0v) is 19.9. The number of H-pyrrole nitrogens is 1. The van der Waals surface area contributed by atoms with Crippen LogP contribution in [-0.4, -0.2) is 48.0 Å². The van der Waals surface area contributed by atoms with Crippen LogP contribution < -0.4 is 0 Å². The summed E-state index contributed by atoms with van der Waals surface area (Å²) >= 11 is 0. The molecule has 2 aliphatic heterocycles. The predicted molar refractivity (Wildman–Crippen MR) is 130 cm³/mol. The minimum absolute atomic E-state index is 0.0844. The largest absolute Gasteiger partial charge is 0.378 e. The Morgan fingerprint density at radius 3 is 2.76 bits per heavy atom. The molecule has 1 N–H and O–H groups in total. The fraction of sp³-hybridized carbons (Fsp3) is 0.429. The van der Waals surface area contributed by atoms with Crippen LogP contribution in [0.25, 0.3) is 10.9 Å². The molecule has 0 atom stereocenters. The smallest absolute Gasteiger partial charge is 0.195 e. The molecule has 3 heterocycles. The minimum Gasteiger partial charge on any atom is -0.378 e. The Balaban J connectivity index is 1.55. The lowest BCUT2D eigenvalue weighted by atomic mass is 9.69. The first kappa shape index (κ1) is 21.9. The van der Waals surface area contributed by atoms with Gasteiger partial charge in [0.05, 0.1) is 36.5 Å². The van der Waals surface area contributed by atoms with E-state index in [1.165, 1.54) is 11.1 Å². The number of nitrogens with one attached hydrogen (secondary N) is 1. The quantitative estimate of drug-likeness (QED) is 0.708. The Morgan fingerprint density at radius 1 is 1.36 bits per heavy atom. The van der Waals surface area contributed by atoms with Crippen LogP contribution >= 0.6 is 0 Å². The summed E-state index contributed by atoms with van der Waals surface area (Å²) in [5, 5.41) is 10.2. The number of ether oxygens (including phenoxy) is 1. The monoisotopic (exact) mass is 441 g/mol. The van der Waals surface area contributed by atoms with Crippen LogP contribution in [0.15, 0.2) is 52.6 Å². The van der Waals surface area contributed by atoms with E-state index in [9.17, 15) is 10.1 Å². The van der Waals surface area contributed by atoms with Gasteiger partial charge in [-0.2, -0.15) is 5.26 Å². The highest BCUT2D eigenvalue weighted by Crippen LogP contribution is 2.45. The van der Waals surface area contributed by atoms with Crippen molar-refractivity contribution in [2.45, 2.75) is 52.0 Å². The second-order valence-electron chi connectivity index (χ2n) is 9.94. The molecule has 170 valence electrons. The van der Waals surface area contributed by atoms with Crippen molar-refractivity contribution >= 4 is 16.7 Å². The second-order valence-corrected chi connectivity index (χ2v) is 9.94.